The van der Waals surface area contributed by atoms with Crippen LogP contribution in [0.2, 0.25) is 0 Å². The van der Waals surface area contributed by atoms with Gasteiger partial charge < -0.3 is 4.74 Å². The van der Waals surface area contributed by atoms with Crippen LogP contribution in [0, 0.1) is 0 Å². The minimum absolute atomic E-state index is 0.775. The third kappa shape index (κ3) is 3.52. The highest BCUT2D eigenvalue weighted by Gasteiger charge is 2.80. The second-order valence-electron chi connectivity index (χ2n) is 3.50. The molecule has 0 N–H and O–H groups in total. The van der Waals surface area contributed by atoms with Crippen molar-refractivity contribution in [1.82, 2.24) is 0 Å². The number of halogens is 11. The Morgan fingerprint density at radius 2 is 1.23 bits per heavy atom. The molecule has 3 nitrogen and oxygen atoms in total. The Hall–Kier alpha value is -1.34. The van der Waals surface area contributed by atoms with Crippen molar-refractivity contribution in [3.05, 3.63) is 0 Å². The Morgan fingerprint density at radius 3 is 1.50 bits per heavy atom. The SMILES string of the molecule is CCOC(=O)[C@@](F)(OC(F)(F)C(F)(F)C(F)(F)F)C(F)(F)F. The molecule has 0 aromatic rings. The van der Waals surface area contributed by atoms with E-state index in [2.05, 4.69) is 4.74 Å². The average molecular weight is 358 g/mol. The van der Waals surface area contributed by atoms with Gasteiger partial charge in [-0.05, 0) is 6.92 Å². The summed E-state index contributed by atoms with van der Waals surface area (Å²) >= 11 is 0. The molecular weight excluding hydrogens is 353 g/mol. The number of carbonyl (C=O) groups is 1. The van der Waals surface area contributed by atoms with Crippen molar-refractivity contribution in [3.63, 3.8) is 0 Å². The second kappa shape index (κ2) is 5.70. The monoisotopic (exact) mass is 358 g/mol. The van der Waals surface area contributed by atoms with E-state index >= 15 is 0 Å². The van der Waals surface area contributed by atoms with Gasteiger partial charge in [-0.3, -0.25) is 4.74 Å². The second-order valence-corrected chi connectivity index (χ2v) is 3.50. The van der Waals surface area contributed by atoms with Crippen molar-refractivity contribution in [3.8, 4) is 0 Å². The third-order valence-corrected chi connectivity index (χ3v) is 1.89. The molecule has 0 radical (unpaired) electrons. The minimum Gasteiger partial charge on any atom is -0.462 e. The van der Waals surface area contributed by atoms with E-state index < -0.39 is 42.8 Å². The Labute approximate surface area is 114 Å². The fourth-order valence-corrected chi connectivity index (χ4v) is 0.845. The molecule has 0 amide bonds. The highest BCUT2D eigenvalue weighted by molar-refractivity contribution is 5.78. The molecular formula is C8H5F11O3. The van der Waals surface area contributed by atoms with E-state index in [0.717, 1.165) is 6.92 Å². The molecule has 0 bridgehead atoms. The molecule has 0 fully saturated rings. The predicted octanol–water partition coefficient (Wildman–Crippen LogP) is 3.58. The topological polar surface area (TPSA) is 35.5 Å². The average Bonchev–Trinajstić information content (AvgIpc) is 2.25. The first-order chi connectivity index (χ1) is 9.44. The molecule has 14 heteroatoms. The zero-order valence-electron chi connectivity index (χ0n) is 10.1. The van der Waals surface area contributed by atoms with Crippen molar-refractivity contribution in [2.75, 3.05) is 6.61 Å². The third-order valence-electron chi connectivity index (χ3n) is 1.89. The summed E-state index contributed by atoms with van der Waals surface area (Å²) in [5.74, 6) is -16.7. The first-order valence-electron chi connectivity index (χ1n) is 4.89. The Morgan fingerprint density at radius 1 is 0.818 bits per heavy atom. The molecule has 0 aromatic carbocycles. The summed E-state index contributed by atoms with van der Waals surface area (Å²) in [6.45, 7) is -0.262. The van der Waals surface area contributed by atoms with Crippen LogP contribution in [0.3, 0.4) is 0 Å². The molecule has 1 atom stereocenters. The van der Waals surface area contributed by atoms with E-state index in [0.29, 0.717) is 0 Å². The Kier molecular flexibility index (Phi) is 5.35. The first kappa shape index (κ1) is 20.7. The van der Waals surface area contributed by atoms with Gasteiger partial charge in [0.05, 0.1) is 6.61 Å². The van der Waals surface area contributed by atoms with Gasteiger partial charge in [-0.25, -0.2) is 4.79 Å². The van der Waals surface area contributed by atoms with Gasteiger partial charge in [-0.2, -0.15) is 48.3 Å². The molecule has 0 saturated carbocycles. The molecule has 22 heavy (non-hydrogen) atoms. The zero-order valence-corrected chi connectivity index (χ0v) is 10.1. The molecule has 0 spiro atoms. The van der Waals surface area contributed by atoms with Crippen LogP contribution in [0.1, 0.15) is 6.92 Å². The van der Waals surface area contributed by atoms with Gasteiger partial charge in [0.15, 0.2) is 0 Å². The van der Waals surface area contributed by atoms with Crippen LogP contribution >= 0.6 is 0 Å². The highest BCUT2D eigenvalue weighted by atomic mass is 19.4. The molecule has 0 rings (SSSR count). The lowest BCUT2D eigenvalue weighted by molar-refractivity contribution is -0.475. The minimum atomic E-state index is -7.21. The summed E-state index contributed by atoms with van der Waals surface area (Å²) in [5, 5.41) is 0. The quantitative estimate of drug-likeness (QED) is 0.557. The van der Waals surface area contributed by atoms with Gasteiger partial charge >= 0.3 is 36.2 Å². The number of hydrogen-bond acceptors (Lipinski definition) is 3. The van der Waals surface area contributed by atoms with Crippen LogP contribution in [0.4, 0.5) is 48.3 Å². The summed E-state index contributed by atoms with van der Waals surface area (Å²) < 4.78 is 141. The maximum absolute atomic E-state index is 13.3. The lowest BCUT2D eigenvalue weighted by Crippen LogP contribution is -2.61. The molecule has 0 saturated heterocycles. The Balaban J connectivity index is 5.83. The molecule has 0 heterocycles. The van der Waals surface area contributed by atoms with Gasteiger partial charge in [0.2, 0.25) is 0 Å². The van der Waals surface area contributed by atoms with Crippen molar-refractivity contribution >= 4 is 5.97 Å². The summed E-state index contributed by atoms with van der Waals surface area (Å²) in [7, 11) is 0. The number of esters is 1. The summed E-state index contributed by atoms with van der Waals surface area (Å²) in [5.41, 5.74) is 0. The fourth-order valence-electron chi connectivity index (χ4n) is 0.845. The number of rotatable bonds is 5. The summed E-state index contributed by atoms with van der Waals surface area (Å²) in [4.78, 5) is 10.7. The highest BCUT2D eigenvalue weighted by Crippen LogP contribution is 2.51. The standard InChI is InChI=1S/C8H5F11O3/c1-2-21-3(20)4(9,6(12,13)14)22-8(18,19)5(10,11)7(15,16)17/h2H2,1H3/t4-/m1/s1. The molecule has 0 aromatic heterocycles. The van der Waals surface area contributed by atoms with Crippen molar-refractivity contribution < 1.29 is 62.6 Å². The maximum atomic E-state index is 13.3. The molecule has 0 aliphatic rings. The van der Waals surface area contributed by atoms with E-state index in [9.17, 15) is 53.1 Å². The van der Waals surface area contributed by atoms with Crippen LogP contribution in [0.25, 0.3) is 0 Å². The molecule has 132 valence electrons. The van der Waals surface area contributed by atoms with E-state index in [1.807, 2.05) is 4.74 Å². The van der Waals surface area contributed by atoms with Crippen LogP contribution in [0.5, 0.6) is 0 Å². The number of hydrogen-bond donors (Lipinski definition) is 0. The van der Waals surface area contributed by atoms with Crippen LogP contribution < -0.4 is 0 Å². The maximum Gasteiger partial charge on any atom is 0.462 e. The van der Waals surface area contributed by atoms with Gasteiger partial charge in [0.25, 0.3) is 0 Å². The first-order valence-corrected chi connectivity index (χ1v) is 4.89. The smallest absolute Gasteiger partial charge is 0.462 e. The van der Waals surface area contributed by atoms with Crippen molar-refractivity contribution in [1.29, 1.82) is 0 Å². The Bertz CT molecular complexity index is 413. The number of alkyl halides is 11. The van der Waals surface area contributed by atoms with Crippen molar-refractivity contribution in [2.24, 2.45) is 0 Å². The lowest BCUT2D eigenvalue weighted by Gasteiger charge is -2.33. The van der Waals surface area contributed by atoms with E-state index in [1.54, 1.807) is 0 Å². The van der Waals surface area contributed by atoms with E-state index in [4.69, 9.17) is 0 Å². The van der Waals surface area contributed by atoms with Crippen LogP contribution in [-0.4, -0.2) is 42.8 Å². The van der Waals surface area contributed by atoms with E-state index in [-0.39, 0.29) is 0 Å². The van der Waals surface area contributed by atoms with Gasteiger partial charge in [0, 0.05) is 0 Å². The van der Waals surface area contributed by atoms with Gasteiger partial charge in [-0.15, -0.1) is 0 Å². The summed E-state index contributed by atoms with van der Waals surface area (Å²) in [6.07, 6.45) is -20.9. The number of carbonyl (C=O) groups excluding carboxylic acids is 1. The van der Waals surface area contributed by atoms with Crippen molar-refractivity contribution in [2.45, 2.75) is 37.2 Å². The van der Waals surface area contributed by atoms with Crippen LogP contribution in [-0.2, 0) is 14.3 Å². The van der Waals surface area contributed by atoms with Gasteiger partial charge in [0.1, 0.15) is 0 Å². The molecule has 0 unspecified atom stereocenters. The molecule has 0 aliphatic carbocycles. The predicted molar refractivity (Wildman–Crippen MR) is 43.6 cm³/mol. The molecule has 0 aliphatic heterocycles. The van der Waals surface area contributed by atoms with E-state index in [1.165, 1.54) is 0 Å². The lowest BCUT2D eigenvalue weighted by atomic mass is 10.2. The van der Waals surface area contributed by atoms with Crippen LogP contribution in [0.15, 0.2) is 0 Å². The fraction of sp³-hybridized carbons (Fsp3) is 0.875. The largest absolute Gasteiger partial charge is 0.462 e. The number of ether oxygens (including phenoxy) is 2. The van der Waals surface area contributed by atoms with Gasteiger partial charge in [-0.1, -0.05) is 0 Å². The summed E-state index contributed by atoms with van der Waals surface area (Å²) in [6, 6.07) is 0. The normalized spacial score (nSPS) is 17.1. The zero-order chi connectivity index (χ0) is 18.2.